The second-order valence-electron chi connectivity index (χ2n) is 6.43. The lowest BCUT2D eigenvalue weighted by molar-refractivity contribution is -0.125. The third kappa shape index (κ3) is 2.60. The summed E-state index contributed by atoms with van der Waals surface area (Å²) in [4.78, 5) is 11.9. The average Bonchev–Trinajstić information content (AvgIpc) is 3.02. The summed E-state index contributed by atoms with van der Waals surface area (Å²) < 4.78 is 0. The number of carbonyl (C=O) groups excluding carboxylic acids is 1. The van der Waals surface area contributed by atoms with Crippen LogP contribution in [0, 0.1) is 23.7 Å². The molecule has 100 valence electrons. The van der Waals surface area contributed by atoms with Crippen LogP contribution in [0.1, 0.15) is 57.8 Å². The number of hydrazone groups is 1. The summed E-state index contributed by atoms with van der Waals surface area (Å²) in [5, 5.41) is 4.22. The van der Waals surface area contributed by atoms with Crippen molar-refractivity contribution < 1.29 is 4.79 Å². The minimum absolute atomic E-state index is 0.147. The SMILES string of the molecule is O=C(N/N=C\[C@H]1C[C@H]2CC[C@H]1C2)C1CCCCC1. The summed E-state index contributed by atoms with van der Waals surface area (Å²) in [5.41, 5.74) is 2.77. The van der Waals surface area contributed by atoms with E-state index in [9.17, 15) is 4.79 Å². The molecule has 3 nitrogen and oxygen atoms in total. The van der Waals surface area contributed by atoms with E-state index in [0.29, 0.717) is 5.92 Å². The lowest BCUT2D eigenvalue weighted by Gasteiger charge is -2.20. The summed E-state index contributed by atoms with van der Waals surface area (Å²) in [7, 11) is 0. The number of rotatable bonds is 3. The summed E-state index contributed by atoms with van der Waals surface area (Å²) in [6.45, 7) is 0. The van der Waals surface area contributed by atoms with Gasteiger partial charge in [-0.3, -0.25) is 4.79 Å². The van der Waals surface area contributed by atoms with Crippen LogP contribution in [0.4, 0.5) is 0 Å². The average molecular weight is 248 g/mol. The second kappa shape index (κ2) is 5.41. The molecule has 0 aromatic rings. The number of amides is 1. The topological polar surface area (TPSA) is 41.5 Å². The van der Waals surface area contributed by atoms with Gasteiger partial charge in [-0.25, -0.2) is 5.43 Å². The summed E-state index contributed by atoms with van der Waals surface area (Å²) in [5.74, 6) is 2.80. The lowest BCUT2D eigenvalue weighted by atomic mass is 9.89. The molecule has 0 unspecified atom stereocenters. The van der Waals surface area contributed by atoms with Crippen molar-refractivity contribution in [3.05, 3.63) is 0 Å². The summed E-state index contributed by atoms with van der Waals surface area (Å²) in [6.07, 6.45) is 13.3. The van der Waals surface area contributed by atoms with E-state index >= 15 is 0 Å². The van der Waals surface area contributed by atoms with Crippen molar-refractivity contribution >= 4 is 12.1 Å². The molecule has 3 atom stereocenters. The first-order chi connectivity index (χ1) is 8.83. The molecular formula is C15H24N2O. The Bertz CT molecular complexity index is 333. The Labute approximate surface area is 109 Å². The van der Waals surface area contributed by atoms with Crippen molar-refractivity contribution in [1.82, 2.24) is 5.43 Å². The first-order valence-corrected chi connectivity index (χ1v) is 7.66. The van der Waals surface area contributed by atoms with E-state index in [4.69, 9.17) is 0 Å². The molecule has 3 aliphatic rings. The fourth-order valence-corrected chi connectivity index (χ4v) is 4.13. The Balaban J connectivity index is 1.44. The summed E-state index contributed by atoms with van der Waals surface area (Å²) in [6, 6.07) is 0. The van der Waals surface area contributed by atoms with Crippen molar-refractivity contribution in [2.45, 2.75) is 57.8 Å². The maximum Gasteiger partial charge on any atom is 0.243 e. The van der Waals surface area contributed by atoms with E-state index in [1.165, 1.54) is 44.9 Å². The van der Waals surface area contributed by atoms with Crippen LogP contribution in [-0.2, 0) is 4.79 Å². The third-order valence-corrected chi connectivity index (χ3v) is 5.21. The fraction of sp³-hybridized carbons (Fsp3) is 0.867. The number of nitrogens with one attached hydrogen (secondary N) is 1. The molecule has 1 amide bonds. The van der Waals surface area contributed by atoms with Gasteiger partial charge in [0.25, 0.3) is 0 Å². The van der Waals surface area contributed by atoms with Gasteiger partial charge in [0.1, 0.15) is 0 Å². The molecule has 0 aromatic carbocycles. The van der Waals surface area contributed by atoms with E-state index < -0.39 is 0 Å². The van der Waals surface area contributed by atoms with Crippen LogP contribution in [0.15, 0.2) is 5.10 Å². The molecule has 3 aliphatic carbocycles. The quantitative estimate of drug-likeness (QED) is 0.605. The molecule has 0 heterocycles. The molecule has 0 radical (unpaired) electrons. The van der Waals surface area contributed by atoms with E-state index in [-0.39, 0.29) is 11.8 Å². The number of hydrogen-bond donors (Lipinski definition) is 1. The van der Waals surface area contributed by atoms with Crippen LogP contribution in [0.5, 0.6) is 0 Å². The molecule has 0 spiro atoms. The maximum absolute atomic E-state index is 11.9. The van der Waals surface area contributed by atoms with Gasteiger partial charge < -0.3 is 0 Å². The van der Waals surface area contributed by atoms with Crippen molar-refractivity contribution in [2.75, 3.05) is 0 Å². The fourth-order valence-electron chi connectivity index (χ4n) is 4.13. The van der Waals surface area contributed by atoms with Crippen molar-refractivity contribution in [3.63, 3.8) is 0 Å². The number of carbonyl (C=O) groups is 1. The van der Waals surface area contributed by atoms with E-state index in [2.05, 4.69) is 10.5 Å². The highest BCUT2D eigenvalue weighted by Crippen LogP contribution is 2.47. The van der Waals surface area contributed by atoms with Crippen molar-refractivity contribution in [2.24, 2.45) is 28.8 Å². The monoisotopic (exact) mass is 248 g/mol. The highest BCUT2D eigenvalue weighted by molar-refractivity contribution is 5.79. The highest BCUT2D eigenvalue weighted by Gasteiger charge is 2.38. The van der Waals surface area contributed by atoms with Gasteiger partial charge >= 0.3 is 0 Å². The highest BCUT2D eigenvalue weighted by atomic mass is 16.2. The van der Waals surface area contributed by atoms with Gasteiger partial charge in [0.2, 0.25) is 5.91 Å². The number of hydrogen-bond acceptors (Lipinski definition) is 2. The number of fused-ring (bicyclic) bond motifs is 2. The molecule has 0 aromatic heterocycles. The third-order valence-electron chi connectivity index (χ3n) is 5.21. The smallest absolute Gasteiger partial charge is 0.243 e. The Hall–Kier alpha value is -0.860. The van der Waals surface area contributed by atoms with Crippen LogP contribution in [-0.4, -0.2) is 12.1 Å². The molecule has 3 rings (SSSR count). The molecule has 0 saturated heterocycles. The molecule has 3 saturated carbocycles. The second-order valence-corrected chi connectivity index (χ2v) is 6.43. The molecule has 0 aliphatic heterocycles. The minimum atomic E-state index is 0.147. The Morgan fingerprint density at radius 2 is 1.89 bits per heavy atom. The minimum Gasteiger partial charge on any atom is -0.273 e. The Morgan fingerprint density at radius 3 is 2.56 bits per heavy atom. The van der Waals surface area contributed by atoms with Crippen LogP contribution < -0.4 is 5.43 Å². The van der Waals surface area contributed by atoms with E-state index in [1.54, 1.807) is 0 Å². The normalized spacial score (nSPS) is 36.3. The molecule has 18 heavy (non-hydrogen) atoms. The van der Waals surface area contributed by atoms with Gasteiger partial charge in [-0.15, -0.1) is 0 Å². The Kier molecular flexibility index (Phi) is 3.67. The predicted octanol–water partition coefficient (Wildman–Crippen LogP) is 3.10. The van der Waals surface area contributed by atoms with Crippen LogP contribution in [0.25, 0.3) is 0 Å². The Morgan fingerprint density at radius 1 is 1.06 bits per heavy atom. The first kappa shape index (κ1) is 12.2. The van der Waals surface area contributed by atoms with Crippen LogP contribution in [0.3, 0.4) is 0 Å². The van der Waals surface area contributed by atoms with Gasteiger partial charge in [-0.05, 0) is 49.9 Å². The standard InChI is InChI=1S/C15H24N2O/c18-15(12-4-2-1-3-5-12)17-16-10-14-9-11-6-7-13(14)8-11/h10-14H,1-9H2,(H,17,18)/b16-10-/t11-,13-,14+/m0/s1. The molecule has 3 heteroatoms. The zero-order chi connectivity index (χ0) is 12.4. The zero-order valence-electron chi connectivity index (χ0n) is 11.1. The van der Waals surface area contributed by atoms with Crippen LogP contribution in [0.2, 0.25) is 0 Å². The molecule has 3 fully saturated rings. The maximum atomic E-state index is 11.9. The van der Waals surface area contributed by atoms with Gasteiger partial charge in [0.05, 0.1) is 0 Å². The zero-order valence-corrected chi connectivity index (χ0v) is 11.1. The van der Waals surface area contributed by atoms with Gasteiger partial charge in [0, 0.05) is 12.1 Å². The van der Waals surface area contributed by atoms with Crippen molar-refractivity contribution in [3.8, 4) is 0 Å². The van der Waals surface area contributed by atoms with E-state index in [1.807, 2.05) is 6.21 Å². The van der Waals surface area contributed by atoms with Gasteiger partial charge in [0.15, 0.2) is 0 Å². The lowest BCUT2D eigenvalue weighted by Crippen LogP contribution is -2.29. The van der Waals surface area contributed by atoms with Gasteiger partial charge in [-0.2, -0.15) is 5.10 Å². The molecule has 2 bridgehead atoms. The van der Waals surface area contributed by atoms with E-state index in [0.717, 1.165) is 24.7 Å². The molecular weight excluding hydrogens is 224 g/mol. The first-order valence-electron chi connectivity index (χ1n) is 7.66. The summed E-state index contributed by atoms with van der Waals surface area (Å²) >= 11 is 0. The predicted molar refractivity (Wildman–Crippen MR) is 72.1 cm³/mol. The van der Waals surface area contributed by atoms with Crippen LogP contribution >= 0.6 is 0 Å². The molecule has 1 N–H and O–H groups in total. The largest absolute Gasteiger partial charge is 0.273 e. The number of nitrogens with zero attached hydrogens (tertiary/aromatic N) is 1. The van der Waals surface area contributed by atoms with Gasteiger partial charge in [-0.1, -0.05) is 25.7 Å². The van der Waals surface area contributed by atoms with Crippen molar-refractivity contribution in [1.29, 1.82) is 0 Å².